The average Bonchev–Trinajstić information content (AvgIpc) is 3.15. The van der Waals surface area contributed by atoms with Crippen molar-refractivity contribution in [2.45, 2.75) is 112 Å². The van der Waals surface area contributed by atoms with Crippen LogP contribution in [0.2, 0.25) is 0 Å². The smallest absolute Gasteiger partial charge is 0.0207 e. The summed E-state index contributed by atoms with van der Waals surface area (Å²) in [5.74, 6) is 7.33. The molecule has 9 unspecified atom stereocenters. The molecular weight excluding hydrogens is 324 g/mol. The Balaban J connectivity index is 1.34. The van der Waals surface area contributed by atoms with Gasteiger partial charge >= 0.3 is 0 Å². The Labute approximate surface area is 169 Å². The molecule has 0 radical (unpaired) electrons. The third-order valence-corrected chi connectivity index (χ3v) is 11.7. The molecule has 0 aromatic heterocycles. The lowest BCUT2D eigenvalue weighted by molar-refractivity contribution is -0.0479. The fourth-order valence-corrected chi connectivity index (χ4v) is 10.3. The summed E-state index contributed by atoms with van der Waals surface area (Å²) in [6.45, 7) is 12.9. The Hall–Kier alpha value is 0. The van der Waals surface area contributed by atoms with Crippen molar-refractivity contribution in [2.75, 3.05) is 0 Å². The fraction of sp³-hybridized carbons (Fsp3) is 1.00. The number of hydrogen-bond acceptors (Lipinski definition) is 0. The summed E-state index contributed by atoms with van der Waals surface area (Å²) in [7, 11) is 0. The molecule has 0 heterocycles. The van der Waals surface area contributed by atoms with E-state index < -0.39 is 0 Å². The first kappa shape index (κ1) is 19.0. The van der Waals surface area contributed by atoms with E-state index in [1.54, 1.807) is 51.4 Å². The van der Waals surface area contributed by atoms with E-state index in [9.17, 15) is 0 Å². The first-order chi connectivity index (χ1) is 12.8. The van der Waals surface area contributed by atoms with Crippen molar-refractivity contribution < 1.29 is 0 Å². The van der Waals surface area contributed by atoms with Gasteiger partial charge in [-0.15, -0.1) is 0 Å². The highest BCUT2D eigenvalue weighted by Crippen LogP contribution is 2.85. The minimum Gasteiger partial charge on any atom is -0.0628 e. The first-order valence-corrected chi connectivity index (χ1v) is 12.8. The summed E-state index contributed by atoms with van der Waals surface area (Å²) < 4.78 is 0. The molecule has 9 atom stereocenters. The third-order valence-electron chi connectivity index (χ3n) is 11.7. The van der Waals surface area contributed by atoms with Crippen LogP contribution in [-0.2, 0) is 0 Å². The van der Waals surface area contributed by atoms with Crippen LogP contribution >= 0.6 is 0 Å². The molecule has 0 bridgehead atoms. The molecule has 5 aliphatic rings. The molecule has 1 spiro atoms. The molecule has 154 valence electrons. The molecule has 0 heteroatoms. The minimum absolute atomic E-state index is 0.687. The lowest BCUT2D eigenvalue weighted by Crippen LogP contribution is -2.46. The average molecular weight is 371 g/mol. The van der Waals surface area contributed by atoms with Crippen molar-refractivity contribution in [1.82, 2.24) is 0 Å². The summed E-state index contributed by atoms with van der Waals surface area (Å²) in [5.41, 5.74) is 2.25. The Morgan fingerprint density at radius 1 is 0.815 bits per heavy atom. The van der Waals surface area contributed by atoms with Gasteiger partial charge in [0, 0.05) is 0 Å². The van der Waals surface area contributed by atoms with Crippen LogP contribution in [0.3, 0.4) is 0 Å². The maximum absolute atomic E-state index is 2.77. The molecule has 5 fully saturated rings. The van der Waals surface area contributed by atoms with Gasteiger partial charge in [0.1, 0.15) is 0 Å². The van der Waals surface area contributed by atoms with Gasteiger partial charge in [-0.25, -0.2) is 0 Å². The first-order valence-electron chi connectivity index (χ1n) is 12.8. The fourth-order valence-electron chi connectivity index (χ4n) is 10.3. The SMILES string of the molecule is CC(C)CCCC(C)C1CCC2C3C(CCC12C)C1(C)CCCCC12CC32. The molecule has 27 heavy (non-hydrogen) atoms. The summed E-state index contributed by atoms with van der Waals surface area (Å²) in [6, 6.07) is 0. The van der Waals surface area contributed by atoms with Crippen molar-refractivity contribution in [2.24, 2.45) is 57.7 Å². The van der Waals surface area contributed by atoms with E-state index in [1.807, 2.05) is 0 Å². The van der Waals surface area contributed by atoms with Gasteiger partial charge in [0.15, 0.2) is 0 Å². The van der Waals surface area contributed by atoms with E-state index >= 15 is 0 Å². The van der Waals surface area contributed by atoms with Crippen molar-refractivity contribution >= 4 is 0 Å². The highest BCUT2D eigenvalue weighted by molar-refractivity contribution is 5.26. The quantitative estimate of drug-likeness (QED) is 0.458. The van der Waals surface area contributed by atoms with Crippen LogP contribution in [0.4, 0.5) is 0 Å². The summed E-state index contributed by atoms with van der Waals surface area (Å²) in [6.07, 6.45) is 18.6. The normalized spacial score (nSPS) is 54.2. The highest BCUT2D eigenvalue weighted by atomic mass is 14.8. The lowest BCUT2D eigenvalue weighted by Gasteiger charge is -2.53. The molecule has 0 N–H and O–H groups in total. The molecule has 5 rings (SSSR count). The van der Waals surface area contributed by atoms with Gasteiger partial charge in [-0.1, -0.05) is 66.7 Å². The molecule has 0 aromatic carbocycles. The van der Waals surface area contributed by atoms with Crippen LogP contribution in [0.5, 0.6) is 0 Å². The number of rotatable bonds is 5. The maximum Gasteiger partial charge on any atom is -0.0207 e. The van der Waals surface area contributed by atoms with Gasteiger partial charge in [-0.3, -0.25) is 0 Å². The molecule has 5 aliphatic carbocycles. The van der Waals surface area contributed by atoms with Gasteiger partial charge in [-0.2, -0.15) is 0 Å². The predicted octanol–water partition coefficient (Wildman–Crippen LogP) is 8.11. The van der Waals surface area contributed by atoms with Gasteiger partial charge in [-0.05, 0) is 103 Å². The van der Waals surface area contributed by atoms with Crippen LogP contribution in [0.15, 0.2) is 0 Å². The summed E-state index contributed by atoms with van der Waals surface area (Å²) >= 11 is 0. The standard InChI is InChI=1S/C27H46/c1-18(2)9-8-10-19(3)20-11-12-21-24-22(13-16-25(20,21)4)26(5)14-6-7-15-27(26)17-23(24)27/h18-24H,6-17H2,1-5H3. The second-order valence-corrected chi connectivity index (χ2v) is 12.9. The van der Waals surface area contributed by atoms with Crippen LogP contribution in [0.25, 0.3) is 0 Å². The third kappa shape index (κ3) is 2.46. The van der Waals surface area contributed by atoms with Crippen molar-refractivity contribution in [3.05, 3.63) is 0 Å². The zero-order valence-corrected chi connectivity index (χ0v) is 19.0. The van der Waals surface area contributed by atoms with Crippen LogP contribution in [0, 0.1) is 57.7 Å². The van der Waals surface area contributed by atoms with Crippen molar-refractivity contribution in [3.63, 3.8) is 0 Å². The topological polar surface area (TPSA) is 0 Å². The molecule has 5 saturated carbocycles. The zero-order chi connectivity index (χ0) is 19.0. The molecular formula is C27H46. The minimum atomic E-state index is 0.687. The monoisotopic (exact) mass is 370 g/mol. The molecule has 0 amide bonds. The van der Waals surface area contributed by atoms with E-state index in [2.05, 4.69) is 34.6 Å². The van der Waals surface area contributed by atoms with Gasteiger partial charge < -0.3 is 0 Å². The van der Waals surface area contributed by atoms with E-state index in [1.165, 1.54) is 25.7 Å². The Kier molecular flexibility index (Phi) is 4.39. The summed E-state index contributed by atoms with van der Waals surface area (Å²) in [5, 5.41) is 0. The highest BCUT2D eigenvalue weighted by Gasteiger charge is 2.78. The Bertz CT molecular complexity index is 577. The van der Waals surface area contributed by atoms with E-state index in [0.29, 0.717) is 5.41 Å². The Morgan fingerprint density at radius 2 is 1.59 bits per heavy atom. The second-order valence-electron chi connectivity index (χ2n) is 12.9. The molecule has 0 nitrogen and oxygen atoms in total. The number of hydrogen-bond donors (Lipinski definition) is 0. The Morgan fingerprint density at radius 3 is 2.37 bits per heavy atom. The van der Waals surface area contributed by atoms with E-state index in [4.69, 9.17) is 0 Å². The summed E-state index contributed by atoms with van der Waals surface area (Å²) in [4.78, 5) is 0. The predicted molar refractivity (Wildman–Crippen MR) is 116 cm³/mol. The second kappa shape index (κ2) is 6.25. The number of fused-ring (bicyclic) bond motifs is 5. The molecule has 0 aliphatic heterocycles. The van der Waals surface area contributed by atoms with Crippen LogP contribution in [-0.4, -0.2) is 0 Å². The molecule has 0 aromatic rings. The lowest BCUT2D eigenvalue weighted by atomic mass is 9.51. The van der Waals surface area contributed by atoms with Crippen molar-refractivity contribution in [3.8, 4) is 0 Å². The zero-order valence-electron chi connectivity index (χ0n) is 19.0. The van der Waals surface area contributed by atoms with Crippen LogP contribution < -0.4 is 0 Å². The van der Waals surface area contributed by atoms with Crippen LogP contribution in [0.1, 0.15) is 112 Å². The molecule has 0 saturated heterocycles. The van der Waals surface area contributed by atoms with E-state index in [0.717, 1.165) is 52.3 Å². The largest absolute Gasteiger partial charge is 0.0628 e. The van der Waals surface area contributed by atoms with Gasteiger partial charge in [0.05, 0.1) is 0 Å². The van der Waals surface area contributed by atoms with Crippen molar-refractivity contribution in [1.29, 1.82) is 0 Å². The maximum atomic E-state index is 2.77. The van der Waals surface area contributed by atoms with Gasteiger partial charge in [0.25, 0.3) is 0 Å². The van der Waals surface area contributed by atoms with Gasteiger partial charge in [0.2, 0.25) is 0 Å². The van der Waals surface area contributed by atoms with E-state index in [-0.39, 0.29) is 0 Å².